The van der Waals surface area contributed by atoms with Crippen LogP contribution in [0.4, 0.5) is 20.3 Å². The number of anilines is 2. The number of halogens is 3. The van der Waals surface area contributed by atoms with Gasteiger partial charge in [0.25, 0.3) is 0 Å². The SMILES string of the molecule is CNc1c(Cl)ncnc1NCC(O)c1c(F)cccc1F. The molecule has 8 heteroatoms. The average Bonchev–Trinajstić information content (AvgIpc) is 2.45. The maximum atomic E-state index is 13.5. The van der Waals surface area contributed by atoms with Gasteiger partial charge in [0.15, 0.2) is 11.0 Å². The molecule has 0 aliphatic heterocycles. The van der Waals surface area contributed by atoms with Crippen molar-refractivity contribution in [1.29, 1.82) is 0 Å². The molecule has 0 radical (unpaired) electrons. The van der Waals surface area contributed by atoms with Crippen LogP contribution in [0.5, 0.6) is 0 Å². The van der Waals surface area contributed by atoms with Crippen molar-refractivity contribution in [3.05, 3.63) is 46.9 Å². The van der Waals surface area contributed by atoms with E-state index in [0.717, 1.165) is 12.1 Å². The number of rotatable bonds is 5. The minimum atomic E-state index is -1.37. The number of aliphatic hydroxyl groups is 1. The summed E-state index contributed by atoms with van der Waals surface area (Å²) >= 11 is 5.88. The van der Waals surface area contributed by atoms with Gasteiger partial charge in [0, 0.05) is 13.6 Å². The van der Waals surface area contributed by atoms with Crippen LogP contribution in [0.1, 0.15) is 11.7 Å². The molecule has 1 aromatic carbocycles. The normalized spacial score (nSPS) is 12.0. The first-order valence-corrected chi connectivity index (χ1v) is 6.46. The Morgan fingerprint density at radius 1 is 1.29 bits per heavy atom. The molecule has 1 unspecified atom stereocenters. The van der Waals surface area contributed by atoms with Crippen LogP contribution in [-0.4, -0.2) is 28.7 Å². The number of hydrogen-bond acceptors (Lipinski definition) is 5. The molecule has 2 rings (SSSR count). The Morgan fingerprint density at radius 2 is 1.95 bits per heavy atom. The number of nitrogens with zero attached hydrogens (tertiary/aromatic N) is 2. The van der Waals surface area contributed by atoms with Gasteiger partial charge in [-0.3, -0.25) is 0 Å². The van der Waals surface area contributed by atoms with E-state index in [1.54, 1.807) is 7.05 Å². The monoisotopic (exact) mass is 314 g/mol. The Kier molecular flexibility index (Phi) is 4.87. The number of hydrogen-bond donors (Lipinski definition) is 3. The second-order valence-electron chi connectivity index (χ2n) is 4.17. The summed E-state index contributed by atoms with van der Waals surface area (Å²) in [6.07, 6.45) is -0.133. The summed E-state index contributed by atoms with van der Waals surface area (Å²) in [7, 11) is 1.63. The second kappa shape index (κ2) is 6.64. The average molecular weight is 315 g/mol. The van der Waals surface area contributed by atoms with E-state index < -0.39 is 23.3 Å². The van der Waals surface area contributed by atoms with E-state index in [1.165, 1.54) is 12.4 Å². The third-order valence-corrected chi connectivity index (χ3v) is 3.13. The van der Waals surface area contributed by atoms with Crippen LogP contribution < -0.4 is 10.6 Å². The van der Waals surface area contributed by atoms with Gasteiger partial charge in [0.2, 0.25) is 0 Å². The number of aliphatic hydroxyl groups excluding tert-OH is 1. The minimum absolute atomic E-state index is 0.139. The topological polar surface area (TPSA) is 70.1 Å². The van der Waals surface area contributed by atoms with Gasteiger partial charge < -0.3 is 15.7 Å². The van der Waals surface area contributed by atoms with Crippen LogP contribution in [0.2, 0.25) is 5.15 Å². The zero-order valence-electron chi connectivity index (χ0n) is 11.1. The third-order valence-electron chi connectivity index (χ3n) is 2.85. The van der Waals surface area contributed by atoms with Gasteiger partial charge in [0.1, 0.15) is 29.8 Å². The van der Waals surface area contributed by atoms with Crippen LogP contribution in [0, 0.1) is 11.6 Å². The molecule has 0 saturated heterocycles. The van der Waals surface area contributed by atoms with Gasteiger partial charge in [-0.15, -0.1) is 0 Å². The fourth-order valence-electron chi connectivity index (χ4n) is 1.84. The molecule has 1 atom stereocenters. The molecule has 0 bridgehead atoms. The maximum absolute atomic E-state index is 13.5. The van der Waals surface area contributed by atoms with Gasteiger partial charge in [0.05, 0.1) is 5.56 Å². The van der Waals surface area contributed by atoms with E-state index >= 15 is 0 Å². The molecule has 3 N–H and O–H groups in total. The highest BCUT2D eigenvalue weighted by molar-refractivity contribution is 6.32. The van der Waals surface area contributed by atoms with E-state index in [0.29, 0.717) is 11.5 Å². The first-order chi connectivity index (χ1) is 10.0. The predicted molar refractivity (Wildman–Crippen MR) is 76.4 cm³/mol. The lowest BCUT2D eigenvalue weighted by Crippen LogP contribution is -2.16. The van der Waals surface area contributed by atoms with Crippen molar-refractivity contribution in [3.63, 3.8) is 0 Å². The van der Waals surface area contributed by atoms with E-state index in [-0.39, 0.29) is 11.7 Å². The molecule has 2 aromatic rings. The number of aromatic nitrogens is 2. The Labute approximate surface area is 125 Å². The summed E-state index contributed by atoms with van der Waals surface area (Å²) in [5.41, 5.74) is 0.0385. The maximum Gasteiger partial charge on any atom is 0.157 e. The number of nitrogens with one attached hydrogen (secondary N) is 2. The number of benzene rings is 1. The summed E-state index contributed by atoms with van der Waals surface area (Å²) in [4.78, 5) is 7.75. The zero-order valence-corrected chi connectivity index (χ0v) is 11.8. The standard InChI is InChI=1S/C13H13ClF2N4O/c1-17-11-12(14)19-6-20-13(11)18-5-9(21)10-7(15)3-2-4-8(10)16/h2-4,6,9,17,21H,5H2,1H3,(H,18,19,20). The summed E-state index contributed by atoms with van der Waals surface area (Å²) < 4.78 is 27.1. The summed E-state index contributed by atoms with van der Waals surface area (Å²) in [6, 6.07) is 3.40. The van der Waals surface area contributed by atoms with Gasteiger partial charge in [-0.25, -0.2) is 18.7 Å². The van der Waals surface area contributed by atoms with E-state index in [2.05, 4.69) is 20.6 Å². The molecular weight excluding hydrogens is 302 g/mol. The molecule has 0 saturated carbocycles. The lowest BCUT2D eigenvalue weighted by molar-refractivity contribution is 0.181. The fraction of sp³-hybridized carbons (Fsp3) is 0.231. The van der Waals surface area contributed by atoms with E-state index in [1.807, 2.05) is 0 Å². The van der Waals surface area contributed by atoms with E-state index in [9.17, 15) is 13.9 Å². The summed E-state index contributed by atoms with van der Waals surface area (Å²) in [5.74, 6) is -1.29. The van der Waals surface area contributed by atoms with Crippen LogP contribution in [0.25, 0.3) is 0 Å². The lowest BCUT2D eigenvalue weighted by Gasteiger charge is -2.16. The first-order valence-electron chi connectivity index (χ1n) is 6.08. The van der Waals surface area contributed by atoms with Crippen molar-refractivity contribution in [3.8, 4) is 0 Å². The molecule has 21 heavy (non-hydrogen) atoms. The molecule has 0 fully saturated rings. The van der Waals surface area contributed by atoms with Crippen LogP contribution in [0.3, 0.4) is 0 Å². The van der Waals surface area contributed by atoms with Gasteiger partial charge in [-0.2, -0.15) is 0 Å². The zero-order chi connectivity index (χ0) is 15.4. The quantitative estimate of drug-likeness (QED) is 0.740. The fourth-order valence-corrected chi connectivity index (χ4v) is 2.07. The first kappa shape index (κ1) is 15.4. The molecule has 0 aliphatic rings. The smallest absolute Gasteiger partial charge is 0.157 e. The van der Waals surface area contributed by atoms with Crippen LogP contribution in [-0.2, 0) is 0 Å². The van der Waals surface area contributed by atoms with Crippen LogP contribution >= 0.6 is 11.6 Å². The summed E-state index contributed by atoms with van der Waals surface area (Å²) in [6.45, 7) is -0.139. The van der Waals surface area contributed by atoms with Gasteiger partial charge >= 0.3 is 0 Å². The van der Waals surface area contributed by atoms with Crippen molar-refractivity contribution in [1.82, 2.24) is 9.97 Å². The van der Waals surface area contributed by atoms with Gasteiger partial charge in [-0.05, 0) is 12.1 Å². The molecular formula is C13H13ClF2N4O. The highest BCUT2D eigenvalue weighted by Crippen LogP contribution is 2.27. The molecule has 5 nitrogen and oxygen atoms in total. The molecule has 1 heterocycles. The third kappa shape index (κ3) is 3.37. The molecule has 0 spiro atoms. The lowest BCUT2D eigenvalue weighted by atomic mass is 10.1. The highest BCUT2D eigenvalue weighted by atomic mass is 35.5. The van der Waals surface area contributed by atoms with Crippen LogP contribution in [0.15, 0.2) is 24.5 Å². The predicted octanol–water partition coefficient (Wildman–Crippen LogP) is 2.60. The van der Waals surface area contributed by atoms with Crippen molar-refractivity contribution in [2.45, 2.75) is 6.10 Å². The molecule has 112 valence electrons. The Morgan fingerprint density at radius 3 is 2.57 bits per heavy atom. The summed E-state index contributed by atoms with van der Waals surface area (Å²) in [5, 5.41) is 15.7. The van der Waals surface area contributed by atoms with Crippen molar-refractivity contribution >= 4 is 23.1 Å². The second-order valence-corrected chi connectivity index (χ2v) is 4.53. The largest absolute Gasteiger partial charge is 0.386 e. The van der Waals surface area contributed by atoms with E-state index in [4.69, 9.17) is 11.6 Å². The van der Waals surface area contributed by atoms with Crippen molar-refractivity contribution in [2.75, 3.05) is 24.2 Å². The van der Waals surface area contributed by atoms with Gasteiger partial charge in [-0.1, -0.05) is 17.7 Å². The Bertz CT molecular complexity index is 621. The molecule has 1 aromatic heterocycles. The molecule has 0 aliphatic carbocycles. The highest BCUT2D eigenvalue weighted by Gasteiger charge is 2.18. The minimum Gasteiger partial charge on any atom is -0.386 e. The Hall–Kier alpha value is -1.99. The van der Waals surface area contributed by atoms with Crippen molar-refractivity contribution < 1.29 is 13.9 Å². The van der Waals surface area contributed by atoms with Crippen molar-refractivity contribution in [2.24, 2.45) is 0 Å². The Balaban J connectivity index is 2.15. The molecule has 0 amide bonds.